The molecule has 0 fully saturated rings. The fourth-order valence-electron chi connectivity index (χ4n) is 1.08. The Kier molecular flexibility index (Phi) is 4.52. The van der Waals surface area contributed by atoms with Gasteiger partial charge in [0.1, 0.15) is 6.61 Å². The molecule has 5 heteroatoms. The zero-order valence-corrected chi connectivity index (χ0v) is 8.33. The van der Waals surface area contributed by atoms with Gasteiger partial charge in [-0.2, -0.15) is 5.90 Å². The normalized spacial score (nSPS) is 9.93. The first-order valence-electron chi connectivity index (χ1n) is 4.11. The second-order valence-electron chi connectivity index (χ2n) is 2.56. The molecule has 14 heavy (non-hydrogen) atoms. The zero-order chi connectivity index (χ0) is 10.4. The van der Waals surface area contributed by atoms with Gasteiger partial charge in [0.25, 0.3) is 0 Å². The summed E-state index contributed by atoms with van der Waals surface area (Å²) in [6, 6.07) is 5.15. The molecule has 1 rings (SSSR count). The van der Waals surface area contributed by atoms with Gasteiger partial charge in [0.05, 0.1) is 12.5 Å². The van der Waals surface area contributed by atoms with Crippen LogP contribution in [0.4, 0.5) is 0 Å². The first-order valence-corrected chi connectivity index (χ1v) is 4.65. The second-order valence-corrected chi connectivity index (χ2v) is 2.94. The summed E-state index contributed by atoms with van der Waals surface area (Å²) < 4.78 is 5.27. The van der Waals surface area contributed by atoms with Gasteiger partial charge in [0.2, 0.25) is 0 Å². The van der Waals surface area contributed by atoms with Crippen molar-refractivity contribution in [3.05, 3.63) is 23.8 Å². The minimum atomic E-state index is -0.148. The molecular weight excluding hydrogens is 206 g/mol. The number of aliphatic hydroxyl groups excluding tert-OH is 1. The van der Waals surface area contributed by atoms with Crippen molar-refractivity contribution in [2.24, 2.45) is 5.90 Å². The number of para-hydroxylation sites is 1. The van der Waals surface area contributed by atoms with Gasteiger partial charge in [0, 0.05) is 5.56 Å². The summed E-state index contributed by atoms with van der Waals surface area (Å²) in [6.07, 6.45) is 0. The monoisotopic (exact) mass is 217 g/mol. The Morgan fingerprint density at radius 2 is 2.21 bits per heavy atom. The van der Waals surface area contributed by atoms with E-state index in [1.165, 1.54) is 0 Å². The van der Waals surface area contributed by atoms with Crippen LogP contribution in [0.5, 0.6) is 11.5 Å². The van der Waals surface area contributed by atoms with E-state index in [0.29, 0.717) is 29.5 Å². The largest absolute Gasteiger partial charge is 0.488 e. The predicted molar refractivity (Wildman–Crippen MR) is 53.4 cm³/mol. The second kappa shape index (κ2) is 5.70. The van der Waals surface area contributed by atoms with Crippen LogP contribution in [0.15, 0.2) is 18.2 Å². The average Bonchev–Trinajstić information content (AvgIpc) is 2.25. The van der Waals surface area contributed by atoms with Crippen LogP contribution in [0.2, 0.25) is 0 Å². The standard InChI is InChI=1S/C9H12ClNO3/c10-4-5-13-8-3-1-2-7(6-12)9(8)14-11/h1-3,12H,4-6,11H2. The lowest BCUT2D eigenvalue weighted by molar-refractivity contribution is 0.252. The SMILES string of the molecule is NOc1c(CO)cccc1OCCCl. The summed E-state index contributed by atoms with van der Waals surface area (Å²) in [5.41, 5.74) is 0.583. The van der Waals surface area contributed by atoms with E-state index < -0.39 is 0 Å². The molecule has 0 unspecified atom stereocenters. The van der Waals surface area contributed by atoms with Crippen molar-refractivity contribution in [3.8, 4) is 11.5 Å². The zero-order valence-electron chi connectivity index (χ0n) is 7.57. The molecule has 0 amide bonds. The third-order valence-electron chi connectivity index (χ3n) is 1.68. The number of hydrogen-bond acceptors (Lipinski definition) is 4. The summed E-state index contributed by atoms with van der Waals surface area (Å²) >= 11 is 5.47. The molecule has 3 N–H and O–H groups in total. The Labute approximate surface area is 87.1 Å². The van der Waals surface area contributed by atoms with E-state index in [-0.39, 0.29) is 6.61 Å². The predicted octanol–water partition coefficient (Wildman–Crippen LogP) is 1.05. The molecule has 0 aliphatic rings. The lowest BCUT2D eigenvalue weighted by Crippen LogP contribution is -2.08. The number of nitrogens with two attached hydrogens (primary N) is 1. The number of ether oxygens (including phenoxy) is 1. The molecule has 1 aromatic rings. The molecule has 0 aromatic heterocycles. The van der Waals surface area contributed by atoms with E-state index in [0.717, 1.165) is 0 Å². The summed E-state index contributed by atoms with van der Waals surface area (Å²) in [6.45, 7) is 0.220. The fraction of sp³-hybridized carbons (Fsp3) is 0.333. The van der Waals surface area contributed by atoms with Gasteiger partial charge in [-0.15, -0.1) is 11.6 Å². The highest BCUT2D eigenvalue weighted by Crippen LogP contribution is 2.30. The summed E-state index contributed by atoms with van der Waals surface area (Å²) in [7, 11) is 0. The smallest absolute Gasteiger partial charge is 0.194 e. The molecular formula is C9H12ClNO3. The van der Waals surface area contributed by atoms with Crippen LogP contribution in [0.25, 0.3) is 0 Å². The van der Waals surface area contributed by atoms with Crippen molar-refractivity contribution in [2.75, 3.05) is 12.5 Å². The number of halogens is 1. The minimum Gasteiger partial charge on any atom is -0.488 e. The Hall–Kier alpha value is -0.970. The molecule has 78 valence electrons. The Morgan fingerprint density at radius 1 is 1.43 bits per heavy atom. The van der Waals surface area contributed by atoms with Crippen LogP contribution < -0.4 is 15.5 Å². The van der Waals surface area contributed by atoms with Gasteiger partial charge in [-0.1, -0.05) is 12.1 Å². The van der Waals surface area contributed by atoms with Crippen molar-refractivity contribution in [3.63, 3.8) is 0 Å². The fourth-order valence-corrected chi connectivity index (χ4v) is 1.16. The number of alkyl halides is 1. The van der Waals surface area contributed by atoms with Crippen LogP contribution in [0.3, 0.4) is 0 Å². The molecule has 0 saturated carbocycles. The highest BCUT2D eigenvalue weighted by Gasteiger charge is 2.09. The number of hydrogen-bond donors (Lipinski definition) is 2. The quantitative estimate of drug-likeness (QED) is 0.572. The third-order valence-corrected chi connectivity index (χ3v) is 1.84. The first-order chi connectivity index (χ1) is 6.83. The van der Waals surface area contributed by atoms with Gasteiger partial charge in [0.15, 0.2) is 11.5 Å². The number of rotatable bonds is 5. The lowest BCUT2D eigenvalue weighted by Gasteiger charge is -2.11. The van der Waals surface area contributed by atoms with E-state index in [1.54, 1.807) is 18.2 Å². The molecule has 0 radical (unpaired) electrons. The van der Waals surface area contributed by atoms with Crippen molar-refractivity contribution >= 4 is 11.6 Å². The highest BCUT2D eigenvalue weighted by molar-refractivity contribution is 6.18. The van der Waals surface area contributed by atoms with Gasteiger partial charge >= 0.3 is 0 Å². The van der Waals surface area contributed by atoms with E-state index in [1.807, 2.05) is 0 Å². The van der Waals surface area contributed by atoms with E-state index in [4.69, 9.17) is 27.3 Å². The Balaban J connectivity index is 2.90. The maximum atomic E-state index is 8.98. The van der Waals surface area contributed by atoms with Gasteiger partial charge in [-0.05, 0) is 6.07 Å². The molecule has 0 spiro atoms. The van der Waals surface area contributed by atoms with Crippen molar-refractivity contribution in [1.82, 2.24) is 0 Å². The van der Waals surface area contributed by atoms with E-state index in [9.17, 15) is 0 Å². The number of benzene rings is 1. The average molecular weight is 218 g/mol. The maximum Gasteiger partial charge on any atom is 0.194 e. The van der Waals surface area contributed by atoms with Crippen LogP contribution in [0.1, 0.15) is 5.56 Å². The number of aliphatic hydroxyl groups is 1. The van der Waals surface area contributed by atoms with E-state index >= 15 is 0 Å². The minimum absolute atomic E-state index is 0.148. The Bertz CT molecular complexity index is 293. The Morgan fingerprint density at radius 3 is 2.79 bits per heavy atom. The van der Waals surface area contributed by atoms with Crippen molar-refractivity contribution < 1.29 is 14.7 Å². The van der Waals surface area contributed by atoms with Crippen LogP contribution in [0, 0.1) is 0 Å². The van der Waals surface area contributed by atoms with Gasteiger partial charge < -0.3 is 14.7 Å². The topological polar surface area (TPSA) is 64.7 Å². The highest BCUT2D eigenvalue weighted by atomic mass is 35.5. The van der Waals surface area contributed by atoms with Gasteiger partial charge in [-0.25, -0.2) is 0 Å². The van der Waals surface area contributed by atoms with E-state index in [2.05, 4.69) is 4.84 Å². The summed E-state index contributed by atoms with van der Waals surface area (Å²) in [5, 5.41) is 8.98. The lowest BCUT2D eigenvalue weighted by atomic mass is 10.2. The molecule has 0 aliphatic carbocycles. The first kappa shape index (κ1) is 11.1. The van der Waals surface area contributed by atoms with Crippen LogP contribution in [-0.4, -0.2) is 17.6 Å². The molecule has 4 nitrogen and oxygen atoms in total. The molecule has 0 aliphatic heterocycles. The van der Waals surface area contributed by atoms with Crippen molar-refractivity contribution in [1.29, 1.82) is 0 Å². The molecule has 0 atom stereocenters. The van der Waals surface area contributed by atoms with Crippen LogP contribution in [-0.2, 0) is 6.61 Å². The summed E-state index contributed by atoms with van der Waals surface area (Å²) in [4.78, 5) is 4.64. The molecule has 1 aromatic carbocycles. The van der Waals surface area contributed by atoms with Crippen LogP contribution >= 0.6 is 11.6 Å². The molecule has 0 saturated heterocycles. The molecule has 0 bridgehead atoms. The van der Waals surface area contributed by atoms with Crippen molar-refractivity contribution in [2.45, 2.75) is 6.61 Å². The third kappa shape index (κ3) is 2.51. The summed E-state index contributed by atoms with van der Waals surface area (Å²) in [5.74, 6) is 6.29. The maximum absolute atomic E-state index is 8.98. The molecule has 0 heterocycles. The van der Waals surface area contributed by atoms with Gasteiger partial charge in [-0.3, -0.25) is 0 Å².